The summed E-state index contributed by atoms with van der Waals surface area (Å²) >= 11 is 5.01. The second-order valence-electron chi connectivity index (χ2n) is 3.31. The Kier molecular flexibility index (Phi) is 3.74. The quantitative estimate of drug-likeness (QED) is 0.923. The van der Waals surface area contributed by atoms with Gasteiger partial charge in [-0.2, -0.15) is 0 Å². The summed E-state index contributed by atoms with van der Waals surface area (Å²) in [6.45, 7) is 0.565. The number of halogens is 1. The van der Waals surface area contributed by atoms with E-state index in [2.05, 4.69) is 21.2 Å². The second-order valence-corrected chi connectivity index (χ2v) is 5.60. The lowest BCUT2D eigenvalue weighted by Crippen LogP contribution is -2.22. The zero-order chi connectivity index (χ0) is 11.4. The third-order valence-electron chi connectivity index (χ3n) is 2.11. The van der Waals surface area contributed by atoms with Crippen molar-refractivity contribution in [3.05, 3.63) is 56.7 Å². The summed E-state index contributed by atoms with van der Waals surface area (Å²) in [6, 6.07) is 11.2. The predicted octanol–water partition coefficient (Wildman–Crippen LogP) is 3.44. The third kappa shape index (κ3) is 2.93. The minimum atomic E-state index is -0.0390. The number of thiophene rings is 1. The highest BCUT2D eigenvalue weighted by Gasteiger charge is 2.04. The number of hydrogen-bond acceptors (Lipinski definition) is 2. The Morgan fingerprint density at radius 1 is 1.31 bits per heavy atom. The first-order valence-electron chi connectivity index (χ1n) is 4.82. The molecule has 82 valence electrons. The summed E-state index contributed by atoms with van der Waals surface area (Å²) in [6.07, 6.45) is 0. The zero-order valence-electron chi connectivity index (χ0n) is 8.44. The molecule has 2 nitrogen and oxygen atoms in total. The summed E-state index contributed by atoms with van der Waals surface area (Å²) in [5.41, 5.74) is 1.80. The molecule has 0 saturated carbocycles. The smallest absolute Gasteiger partial charge is 0.251 e. The van der Waals surface area contributed by atoms with Crippen LogP contribution in [0.25, 0.3) is 0 Å². The first kappa shape index (κ1) is 11.4. The monoisotopic (exact) mass is 295 g/mol. The Morgan fingerprint density at radius 2 is 2.06 bits per heavy atom. The second kappa shape index (κ2) is 5.27. The van der Waals surface area contributed by atoms with Crippen molar-refractivity contribution in [2.24, 2.45) is 0 Å². The minimum Gasteiger partial charge on any atom is -0.348 e. The van der Waals surface area contributed by atoms with Gasteiger partial charge in [-0.15, -0.1) is 11.3 Å². The van der Waals surface area contributed by atoms with Crippen LogP contribution in [0.2, 0.25) is 0 Å². The molecule has 1 aromatic carbocycles. The van der Waals surface area contributed by atoms with Crippen molar-refractivity contribution < 1.29 is 4.79 Å². The van der Waals surface area contributed by atoms with Gasteiger partial charge in [0.05, 0.1) is 3.79 Å². The van der Waals surface area contributed by atoms with E-state index in [0.29, 0.717) is 12.1 Å². The number of amides is 1. The number of rotatable bonds is 3. The van der Waals surface area contributed by atoms with Gasteiger partial charge in [0.1, 0.15) is 0 Å². The van der Waals surface area contributed by atoms with Crippen LogP contribution in [0.4, 0.5) is 0 Å². The Bertz CT molecular complexity index is 481. The third-order valence-corrected chi connectivity index (χ3v) is 3.66. The average molecular weight is 296 g/mol. The molecule has 1 heterocycles. The van der Waals surface area contributed by atoms with Gasteiger partial charge in [-0.1, -0.05) is 18.2 Å². The Hall–Kier alpha value is -1.13. The van der Waals surface area contributed by atoms with Crippen molar-refractivity contribution in [2.45, 2.75) is 6.54 Å². The Balaban J connectivity index is 1.94. The Labute approximate surface area is 106 Å². The van der Waals surface area contributed by atoms with E-state index in [4.69, 9.17) is 0 Å². The summed E-state index contributed by atoms with van der Waals surface area (Å²) < 4.78 is 1.08. The molecule has 0 saturated heterocycles. The van der Waals surface area contributed by atoms with Crippen LogP contribution in [0.15, 0.2) is 45.6 Å². The predicted molar refractivity (Wildman–Crippen MR) is 69.6 cm³/mol. The molecule has 1 aromatic heterocycles. The molecule has 16 heavy (non-hydrogen) atoms. The molecule has 0 atom stereocenters. The zero-order valence-corrected chi connectivity index (χ0v) is 10.8. The molecule has 0 bridgehead atoms. The van der Waals surface area contributed by atoms with E-state index in [9.17, 15) is 4.79 Å². The van der Waals surface area contributed by atoms with Gasteiger partial charge in [0, 0.05) is 12.1 Å². The first-order valence-corrected chi connectivity index (χ1v) is 6.49. The van der Waals surface area contributed by atoms with Crippen LogP contribution in [0.3, 0.4) is 0 Å². The van der Waals surface area contributed by atoms with Crippen molar-refractivity contribution >= 4 is 33.2 Å². The summed E-state index contributed by atoms with van der Waals surface area (Å²) in [5, 5.41) is 4.90. The fourth-order valence-electron chi connectivity index (χ4n) is 1.31. The van der Waals surface area contributed by atoms with Crippen LogP contribution in [-0.2, 0) is 6.54 Å². The SMILES string of the molecule is O=C(NCc1csc(Br)c1)c1ccccc1. The maximum absolute atomic E-state index is 11.7. The van der Waals surface area contributed by atoms with Gasteiger partial charge < -0.3 is 5.32 Å². The van der Waals surface area contributed by atoms with Crippen LogP contribution in [0.5, 0.6) is 0 Å². The molecule has 0 aliphatic rings. The highest BCUT2D eigenvalue weighted by Crippen LogP contribution is 2.20. The molecule has 0 unspecified atom stereocenters. The number of hydrogen-bond donors (Lipinski definition) is 1. The van der Waals surface area contributed by atoms with Crippen molar-refractivity contribution in [2.75, 3.05) is 0 Å². The summed E-state index contributed by atoms with van der Waals surface area (Å²) in [4.78, 5) is 11.7. The van der Waals surface area contributed by atoms with Gasteiger partial charge in [0.15, 0.2) is 0 Å². The molecule has 1 N–H and O–H groups in total. The van der Waals surface area contributed by atoms with Crippen molar-refractivity contribution in [1.29, 1.82) is 0 Å². The van der Waals surface area contributed by atoms with Crippen LogP contribution in [-0.4, -0.2) is 5.91 Å². The van der Waals surface area contributed by atoms with Crippen molar-refractivity contribution in [1.82, 2.24) is 5.32 Å². The van der Waals surface area contributed by atoms with Gasteiger partial charge in [-0.3, -0.25) is 4.79 Å². The molecule has 1 amide bonds. The molecule has 0 spiro atoms. The van der Waals surface area contributed by atoms with E-state index in [1.807, 2.05) is 29.6 Å². The summed E-state index contributed by atoms with van der Waals surface area (Å²) in [7, 11) is 0. The Morgan fingerprint density at radius 3 is 2.69 bits per heavy atom. The van der Waals surface area contributed by atoms with E-state index >= 15 is 0 Å². The van der Waals surface area contributed by atoms with Crippen LogP contribution in [0.1, 0.15) is 15.9 Å². The normalized spacial score (nSPS) is 10.1. The van der Waals surface area contributed by atoms with Gasteiger partial charge >= 0.3 is 0 Å². The molecular weight excluding hydrogens is 286 g/mol. The summed E-state index contributed by atoms with van der Waals surface area (Å²) in [5.74, 6) is -0.0390. The number of benzene rings is 1. The minimum absolute atomic E-state index is 0.0390. The average Bonchev–Trinajstić information content (AvgIpc) is 2.73. The van der Waals surface area contributed by atoms with Gasteiger partial charge in [-0.25, -0.2) is 0 Å². The lowest BCUT2D eigenvalue weighted by molar-refractivity contribution is 0.0951. The molecule has 2 aromatic rings. The van der Waals surface area contributed by atoms with E-state index in [1.165, 1.54) is 0 Å². The molecular formula is C12H10BrNOS. The topological polar surface area (TPSA) is 29.1 Å². The molecule has 0 aliphatic heterocycles. The molecule has 2 rings (SSSR count). The molecule has 0 aliphatic carbocycles. The largest absolute Gasteiger partial charge is 0.348 e. The fourth-order valence-corrected chi connectivity index (χ4v) is 2.52. The number of nitrogens with one attached hydrogen (secondary N) is 1. The fraction of sp³-hybridized carbons (Fsp3) is 0.0833. The van der Waals surface area contributed by atoms with E-state index in [-0.39, 0.29) is 5.91 Å². The van der Waals surface area contributed by atoms with Gasteiger partial charge in [0.2, 0.25) is 0 Å². The molecule has 0 fully saturated rings. The van der Waals surface area contributed by atoms with Crippen molar-refractivity contribution in [3.8, 4) is 0 Å². The van der Waals surface area contributed by atoms with E-state index in [1.54, 1.807) is 23.5 Å². The lowest BCUT2D eigenvalue weighted by Gasteiger charge is -2.03. The lowest BCUT2D eigenvalue weighted by atomic mass is 10.2. The maximum Gasteiger partial charge on any atom is 0.251 e. The van der Waals surface area contributed by atoms with Gasteiger partial charge in [-0.05, 0) is 45.1 Å². The number of carbonyl (C=O) groups is 1. The number of carbonyl (C=O) groups excluding carboxylic acids is 1. The standard InChI is InChI=1S/C12H10BrNOS/c13-11-6-9(8-16-11)7-14-12(15)10-4-2-1-3-5-10/h1-6,8H,7H2,(H,14,15). The first-order chi connectivity index (χ1) is 7.75. The molecule has 0 radical (unpaired) electrons. The highest BCUT2D eigenvalue weighted by atomic mass is 79.9. The highest BCUT2D eigenvalue weighted by molar-refractivity contribution is 9.11. The van der Waals surface area contributed by atoms with Crippen LogP contribution >= 0.6 is 27.3 Å². The van der Waals surface area contributed by atoms with E-state index < -0.39 is 0 Å². The van der Waals surface area contributed by atoms with Crippen LogP contribution in [0, 0.1) is 0 Å². The maximum atomic E-state index is 11.7. The molecule has 4 heteroatoms. The van der Waals surface area contributed by atoms with Gasteiger partial charge in [0.25, 0.3) is 5.91 Å². The van der Waals surface area contributed by atoms with Crippen molar-refractivity contribution in [3.63, 3.8) is 0 Å². The van der Waals surface area contributed by atoms with Crippen LogP contribution < -0.4 is 5.32 Å². The van der Waals surface area contributed by atoms with E-state index in [0.717, 1.165) is 9.35 Å².